The van der Waals surface area contributed by atoms with Crippen LogP contribution in [0.15, 0.2) is 24.3 Å². The maximum atomic E-state index is 12.6. The Kier molecular flexibility index (Phi) is 5.02. The van der Waals surface area contributed by atoms with Gasteiger partial charge in [-0.25, -0.2) is 4.39 Å². The van der Waals surface area contributed by atoms with Crippen molar-refractivity contribution in [3.05, 3.63) is 35.6 Å². The molecule has 15 heavy (non-hydrogen) atoms. The van der Waals surface area contributed by atoms with Crippen molar-refractivity contribution in [2.75, 3.05) is 13.2 Å². The van der Waals surface area contributed by atoms with Crippen molar-refractivity contribution in [3.8, 4) is 0 Å². The Hall–Kier alpha value is -0.640. The Morgan fingerprint density at radius 1 is 1.33 bits per heavy atom. The van der Waals surface area contributed by atoms with Crippen LogP contribution in [0.5, 0.6) is 0 Å². The molecule has 2 nitrogen and oxygen atoms in total. The fourth-order valence-electron chi connectivity index (χ4n) is 1.59. The van der Waals surface area contributed by atoms with E-state index >= 15 is 0 Å². The molecule has 0 saturated carbocycles. The Bertz CT molecular complexity index is 285. The number of ether oxygens (including phenoxy) is 1. The van der Waals surface area contributed by atoms with E-state index in [1.807, 2.05) is 0 Å². The number of rotatable bonds is 2. The summed E-state index contributed by atoms with van der Waals surface area (Å²) >= 11 is 0. The molecule has 1 N–H and O–H groups in total. The summed E-state index contributed by atoms with van der Waals surface area (Å²) in [6.07, 6.45) is 1.97. The van der Waals surface area contributed by atoms with E-state index < -0.39 is 0 Å². The van der Waals surface area contributed by atoms with E-state index in [-0.39, 0.29) is 24.5 Å². The summed E-state index contributed by atoms with van der Waals surface area (Å²) < 4.78 is 18.1. The Balaban J connectivity index is 0.00000112. The molecule has 1 aliphatic heterocycles. The van der Waals surface area contributed by atoms with Crippen molar-refractivity contribution in [2.45, 2.75) is 19.1 Å². The van der Waals surface area contributed by atoms with Gasteiger partial charge in [0, 0.05) is 13.0 Å². The second-order valence-electron chi connectivity index (χ2n) is 3.50. The minimum atomic E-state index is -0.189. The molecule has 0 spiro atoms. The van der Waals surface area contributed by atoms with Gasteiger partial charge in [0.1, 0.15) is 12.0 Å². The lowest BCUT2D eigenvalue weighted by molar-refractivity contribution is 0.00194. The van der Waals surface area contributed by atoms with Crippen LogP contribution in [0.3, 0.4) is 0 Å². The van der Waals surface area contributed by atoms with Crippen molar-refractivity contribution in [1.29, 1.82) is 0 Å². The van der Waals surface area contributed by atoms with Crippen LogP contribution >= 0.6 is 12.4 Å². The summed E-state index contributed by atoms with van der Waals surface area (Å²) in [4.78, 5) is 0. The first kappa shape index (κ1) is 12.4. The summed E-state index contributed by atoms with van der Waals surface area (Å²) in [5.41, 5.74) is 1.10. The lowest BCUT2D eigenvalue weighted by Gasteiger charge is -2.24. The third-order valence-electron chi connectivity index (χ3n) is 2.35. The maximum absolute atomic E-state index is 12.6. The molecule has 1 aromatic rings. The van der Waals surface area contributed by atoms with Crippen molar-refractivity contribution in [2.24, 2.45) is 0 Å². The van der Waals surface area contributed by atoms with Crippen LogP contribution in [0.4, 0.5) is 4.39 Å². The maximum Gasteiger partial charge on any atom is 0.123 e. The van der Waals surface area contributed by atoms with E-state index in [0.29, 0.717) is 0 Å². The largest absolute Gasteiger partial charge is 0.363 e. The predicted octanol–water partition coefficient (Wildman–Crippen LogP) is 2.13. The predicted molar refractivity (Wildman–Crippen MR) is 59.7 cm³/mol. The minimum absolute atomic E-state index is 0. The molecule has 0 bridgehead atoms. The average molecular weight is 232 g/mol. The van der Waals surface area contributed by atoms with Gasteiger partial charge in [-0.3, -0.25) is 5.32 Å². The molecule has 1 fully saturated rings. The van der Waals surface area contributed by atoms with E-state index in [1.165, 1.54) is 12.1 Å². The highest BCUT2D eigenvalue weighted by Crippen LogP contribution is 2.08. The molecule has 0 aliphatic carbocycles. The monoisotopic (exact) mass is 231 g/mol. The second kappa shape index (κ2) is 6.05. The Morgan fingerprint density at radius 2 is 2.07 bits per heavy atom. The molecule has 1 aliphatic rings. The van der Waals surface area contributed by atoms with Crippen molar-refractivity contribution in [3.63, 3.8) is 0 Å². The fraction of sp³-hybridized carbons (Fsp3) is 0.455. The summed E-state index contributed by atoms with van der Waals surface area (Å²) in [5.74, 6) is -0.189. The normalized spacial score (nSPS) is 20.7. The van der Waals surface area contributed by atoms with Crippen LogP contribution in [0.2, 0.25) is 0 Å². The minimum Gasteiger partial charge on any atom is -0.363 e. The highest BCUT2D eigenvalue weighted by atomic mass is 35.5. The van der Waals surface area contributed by atoms with Gasteiger partial charge in [0.15, 0.2) is 0 Å². The first-order valence-corrected chi connectivity index (χ1v) is 4.94. The molecular weight excluding hydrogens is 217 g/mol. The smallest absolute Gasteiger partial charge is 0.123 e. The fourth-order valence-corrected chi connectivity index (χ4v) is 1.59. The number of benzene rings is 1. The van der Waals surface area contributed by atoms with E-state index in [4.69, 9.17) is 4.74 Å². The molecule has 1 unspecified atom stereocenters. The van der Waals surface area contributed by atoms with E-state index in [1.54, 1.807) is 12.1 Å². The van der Waals surface area contributed by atoms with Crippen LogP contribution in [0.25, 0.3) is 0 Å². The summed E-state index contributed by atoms with van der Waals surface area (Å²) in [7, 11) is 0. The van der Waals surface area contributed by atoms with Gasteiger partial charge in [0.05, 0.1) is 0 Å². The summed E-state index contributed by atoms with van der Waals surface area (Å²) in [6, 6.07) is 6.57. The van der Waals surface area contributed by atoms with Crippen LogP contribution in [0, 0.1) is 5.82 Å². The summed E-state index contributed by atoms with van der Waals surface area (Å²) in [5, 5.41) is 3.27. The molecule has 2 rings (SSSR count). The highest BCUT2D eigenvalue weighted by Gasteiger charge is 2.12. The second-order valence-corrected chi connectivity index (χ2v) is 3.50. The molecule has 1 atom stereocenters. The van der Waals surface area contributed by atoms with Gasteiger partial charge in [0.2, 0.25) is 0 Å². The van der Waals surface area contributed by atoms with Crippen LogP contribution in [0.1, 0.15) is 12.0 Å². The zero-order valence-electron chi connectivity index (χ0n) is 8.41. The van der Waals surface area contributed by atoms with Crippen LogP contribution in [-0.4, -0.2) is 19.4 Å². The van der Waals surface area contributed by atoms with Gasteiger partial charge in [-0.15, -0.1) is 12.4 Å². The first-order valence-electron chi connectivity index (χ1n) is 4.94. The number of hydrogen-bond donors (Lipinski definition) is 1. The number of nitrogens with one attached hydrogen (secondary N) is 1. The number of halogens is 2. The van der Waals surface area contributed by atoms with Crippen LogP contribution in [-0.2, 0) is 11.2 Å². The quantitative estimate of drug-likeness (QED) is 0.842. The van der Waals surface area contributed by atoms with Crippen molar-refractivity contribution < 1.29 is 9.13 Å². The molecule has 1 heterocycles. The van der Waals surface area contributed by atoms with Gasteiger partial charge in [-0.2, -0.15) is 0 Å². The Morgan fingerprint density at radius 3 is 2.67 bits per heavy atom. The topological polar surface area (TPSA) is 21.3 Å². The van der Waals surface area contributed by atoms with Crippen molar-refractivity contribution >= 4 is 12.4 Å². The zero-order valence-corrected chi connectivity index (χ0v) is 9.23. The van der Waals surface area contributed by atoms with Gasteiger partial charge >= 0.3 is 0 Å². The third-order valence-corrected chi connectivity index (χ3v) is 2.35. The lowest BCUT2D eigenvalue weighted by atomic mass is 10.1. The molecular formula is C11H15ClFNO. The molecule has 0 amide bonds. The third kappa shape index (κ3) is 3.78. The molecule has 0 aromatic heterocycles. The molecule has 1 aromatic carbocycles. The van der Waals surface area contributed by atoms with Gasteiger partial charge in [-0.05, 0) is 30.7 Å². The molecule has 1 saturated heterocycles. The Labute approximate surface area is 95.2 Å². The molecule has 0 radical (unpaired) electrons. The molecule has 84 valence electrons. The first-order chi connectivity index (χ1) is 6.84. The van der Waals surface area contributed by atoms with Crippen molar-refractivity contribution in [1.82, 2.24) is 5.32 Å². The number of hydrogen-bond acceptors (Lipinski definition) is 2. The van der Waals surface area contributed by atoms with Gasteiger partial charge < -0.3 is 4.74 Å². The van der Waals surface area contributed by atoms with E-state index in [2.05, 4.69) is 5.32 Å². The SMILES string of the molecule is Cl.Fc1ccc(CC2NCCCO2)cc1. The standard InChI is InChI=1S/C11H14FNO.ClH/c12-10-4-2-9(3-5-10)8-11-13-6-1-7-14-11;/h2-5,11,13H,1,6-8H2;1H. The zero-order chi connectivity index (χ0) is 9.80. The van der Waals surface area contributed by atoms with Crippen LogP contribution < -0.4 is 5.32 Å². The lowest BCUT2D eigenvalue weighted by Crippen LogP contribution is -2.39. The van der Waals surface area contributed by atoms with Gasteiger partial charge in [0.25, 0.3) is 0 Å². The van der Waals surface area contributed by atoms with Gasteiger partial charge in [-0.1, -0.05) is 12.1 Å². The van der Waals surface area contributed by atoms with E-state index in [0.717, 1.165) is 31.6 Å². The average Bonchev–Trinajstić information content (AvgIpc) is 2.23. The van der Waals surface area contributed by atoms with E-state index in [9.17, 15) is 4.39 Å². The molecule has 4 heteroatoms. The summed E-state index contributed by atoms with van der Waals surface area (Å²) in [6.45, 7) is 1.82. The highest BCUT2D eigenvalue weighted by molar-refractivity contribution is 5.85.